The maximum atomic E-state index is 12.7. The maximum Gasteiger partial charge on any atom is 0.257 e. The highest BCUT2D eigenvalue weighted by Gasteiger charge is 2.22. The van der Waals surface area contributed by atoms with Crippen LogP contribution < -0.4 is 10.6 Å². The predicted molar refractivity (Wildman–Crippen MR) is 106 cm³/mol. The molecule has 0 spiro atoms. The van der Waals surface area contributed by atoms with Crippen LogP contribution in [0.4, 0.5) is 5.69 Å². The largest absolute Gasteiger partial charge is 0.339 e. The van der Waals surface area contributed by atoms with Gasteiger partial charge in [-0.05, 0) is 55.7 Å². The van der Waals surface area contributed by atoms with Gasteiger partial charge in [-0.15, -0.1) is 0 Å². The van der Waals surface area contributed by atoms with Crippen molar-refractivity contribution in [1.29, 1.82) is 0 Å². The zero-order valence-corrected chi connectivity index (χ0v) is 15.4. The number of nitrogens with zero attached hydrogens (tertiary/aromatic N) is 1. The summed E-state index contributed by atoms with van der Waals surface area (Å²) >= 11 is 5.27. The Morgan fingerprint density at radius 1 is 0.962 bits per heavy atom. The van der Waals surface area contributed by atoms with Crippen LogP contribution in [0.15, 0.2) is 48.5 Å². The second-order valence-corrected chi connectivity index (χ2v) is 6.68. The number of carbonyl (C=O) groups is 2. The Labute approximate surface area is 158 Å². The van der Waals surface area contributed by atoms with Crippen molar-refractivity contribution in [2.75, 3.05) is 18.4 Å². The molecule has 1 heterocycles. The molecule has 1 fully saturated rings. The van der Waals surface area contributed by atoms with Crippen LogP contribution in [0.2, 0.25) is 0 Å². The first-order valence-electron chi connectivity index (χ1n) is 8.62. The van der Waals surface area contributed by atoms with Crippen LogP contribution in [-0.2, 0) is 0 Å². The van der Waals surface area contributed by atoms with E-state index in [1.54, 1.807) is 18.2 Å². The topological polar surface area (TPSA) is 61.4 Å². The molecule has 1 aliphatic heterocycles. The molecule has 0 bridgehead atoms. The maximum absolute atomic E-state index is 12.7. The number of carbonyl (C=O) groups excluding carboxylic acids is 2. The van der Waals surface area contributed by atoms with Gasteiger partial charge in [-0.2, -0.15) is 0 Å². The normalized spacial score (nSPS) is 13.3. The number of likely N-dealkylation sites (tertiary alicyclic amines) is 1. The number of benzene rings is 2. The van der Waals surface area contributed by atoms with E-state index in [2.05, 4.69) is 10.6 Å². The smallest absolute Gasteiger partial charge is 0.257 e. The molecule has 2 amide bonds. The number of anilines is 1. The molecule has 6 heteroatoms. The summed E-state index contributed by atoms with van der Waals surface area (Å²) in [5.74, 6) is -0.289. The lowest BCUT2D eigenvalue weighted by molar-refractivity contribution is 0.0793. The summed E-state index contributed by atoms with van der Waals surface area (Å²) in [4.78, 5) is 26.9. The second-order valence-electron chi connectivity index (χ2n) is 6.27. The van der Waals surface area contributed by atoms with Crippen molar-refractivity contribution in [1.82, 2.24) is 10.2 Å². The minimum Gasteiger partial charge on any atom is -0.339 e. The Morgan fingerprint density at radius 3 is 2.27 bits per heavy atom. The minimum atomic E-state index is -0.274. The number of hydrogen-bond donors (Lipinski definition) is 2. The summed E-state index contributed by atoms with van der Waals surface area (Å²) < 4.78 is 0. The van der Waals surface area contributed by atoms with Gasteiger partial charge in [0.2, 0.25) is 0 Å². The molecule has 0 radical (unpaired) electrons. The van der Waals surface area contributed by atoms with E-state index in [1.165, 1.54) is 0 Å². The van der Waals surface area contributed by atoms with Gasteiger partial charge in [-0.3, -0.25) is 14.9 Å². The number of hydrogen-bond acceptors (Lipinski definition) is 3. The highest BCUT2D eigenvalue weighted by Crippen LogP contribution is 2.20. The highest BCUT2D eigenvalue weighted by molar-refractivity contribution is 7.80. The van der Waals surface area contributed by atoms with Gasteiger partial charge < -0.3 is 10.2 Å². The fourth-order valence-electron chi connectivity index (χ4n) is 3.02. The summed E-state index contributed by atoms with van der Waals surface area (Å²) in [6.07, 6.45) is 2.07. The quantitative estimate of drug-likeness (QED) is 0.817. The molecular weight excluding hydrogens is 346 g/mol. The van der Waals surface area contributed by atoms with Crippen molar-refractivity contribution in [3.8, 4) is 0 Å². The highest BCUT2D eigenvalue weighted by atomic mass is 32.1. The molecule has 0 aromatic heterocycles. The van der Waals surface area contributed by atoms with Crippen LogP contribution in [0.25, 0.3) is 0 Å². The van der Waals surface area contributed by atoms with E-state index in [0.29, 0.717) is 16.8 Å². The molecule has 5 nitrogen and oxygen atoms in total. The van der Waals surface area contributed by atoms with E-state index >= 15 is 0 Å². The van der Waals surface area contributed by atoms with E-state index in [4.69, 9.17) is 12.2 Å². The average molecular weight is 367 g/mol. The summed E-state index contributed by atoms with van der Waals surface area (Å²) in [5.41, 5.74) is 2.59. The van der Waals surface area contributed by atoms with Crippen molar-refractivity contribution < 1.29 is 9.59 Å². The molecule has 3 rings (SSSR count). The van der Waals surface area contributed by atoms with Gasteiger partial charge in [0.1, 0.15) is 0 Å². The number of nitrogens with one attached hydrogen (secondary N) is 2. The van der Waals surface area contributed by atoms with Crippen molar-refractivity contribution in [3.05, 3.63) is 65.2 Å². The van der Waals surface area contributed by atoms with Gasteiger partial charge >= 0.3 is 0 Å². The zero-order chi connectivity index (χ0) is 18.5. The van der Waals surface area contributed by atoms with Crippen LogP contribution in [0.5, 0.6) is 0 Å². The van der Waals surface area contributed by atoms with Gasteiger partial charge in [0, 0.05) is 18.7 Å². The van der Waals surface area contributed by atoms with Gasteiger partial charge in [-0.25, -0.2) is 0 Å². The third kappa shape index (κ3) is 4.08. The first-order chi connectivity index (χ1) is 12.6. The monoisotopic (exact) mass is 367 g/mol. The molecule has 134 valence electrons. The molecule has 0 saturated carbocycles. The van der Waals surface area contributed by atoms with Gasteiger partial charge in [0.15, 0.2) is 5.11 Å². The second kappa shape index (κ2) is 8.10. The summed E-state index contributed by atoms with van der Waals surface area (Å²) in [6, 6.07) is 14.5. The van der Waals surface area contributed by atoms with E-state index in [-0.39, 0.29) is 16.9 Å². The van der Waals surface area contributed by atoms with E-state index in [1.807, 2.05) is 42.2 Å². The van der Waals surface area contributed by atoms with E-state index < -0.39 is 0 Å². The van der Waals surface area contributed by atoms with Gasteiger partial charge in [0.05, 0.1) is 11.3 Å². The molecule has 0 aliphatic carbocycles. The van der Waals surface area contributed by atoms with Crippen molar-refractivity contribution >= 4 is 34.8 Å². The third-order valence-corrected chi connectivity index (χ3v) is 4.62. The fourth-order valence-corrected chi connectivity index (χ4v) is 3.22. The minimum absolute atomic E-state index is 0.0152. The van der Waals surface area contributed by atoms with Crippen molar-refractivity contribution in [2.45, 2.75) is 19.8 Å². The lowest BCUT2D eigenvalue weighted by Gasteiger charge is -2.18. The Balaban J connectivity index is 1.71. The lowest BCUT2D eigenvalue weighted by Crippen LogP contribution is -2.35. The van der Waals surface area contributed by atoms with Crippen LogP contribution in [0.1, 0.15) is 39.1 Å². The van der Waals surface area contributed by atoms with Crippen molar-refractivity contribution in [2.24, 2.45) is 0 Å². The first kappa shape index (κ1) is 18.1. The van der Waals surface area contributed by atoms with Crippen LogP contribution in [-0.4, -0.2) is 34.9 Å². The molecular formula is C20H21N3O2S. The third-order valence-electron chi connectivity index (χ3n) is 4.42. The Kier molecular flexibility index (Phi) is 5.63. The molecule has 26 heavy (non-hydrogen) atoms. The number of aryl methyl sites for hydroxylation is 1. The predicted octanol–water partition coefficient (Wildman–Crippen LogP) is 3.36. The van der Waals surface area contributed by atoms with E-state index in [9.17, 15) is 9.59 Å². The van der Waals surface area contributed by atoms with Crippen LogP contribution in [0, 0.1) is 6.92 Å². The SMILES string of the molecule is Cc1ccccc1C(=O)NC(=S)Nc1ccccc1C(=O)N1CCCC1. The van der Waals surface area contributed by atoms with E-state index in [0.717, 1.165) is 31.5 Å². The lowest BCUT2D eigenvalue weighted by atomic mass is 10.1. The number of rotatable bonds is 3. The Morgan fingerprint density at radius 2 is 1.58 bits per heavy atom. The molecule has 2 aromatic rings. The standard InChI is InChI=1S/C20H21N3O2S/c1-14-8-2-3-9-15(14)18(24)22-20(26)21-17-11-5-4-10-16(17)19(25)23-12-6-7-13-23/h2-5,8-11H,6-7,12-13H2,1H3,(H2,21,22,24,26). The molecule has 0 unspecified atom stereocenters. The zero-order valence-electron chi connectivity index (χ0n) is 14.6. The number of thiocarbonyl (C=S) groups is 1. The molecule has 2 N–H and O–H groups in total. The van der Waals surface area contributed by atoms with Crippen LogP contribution in [0.3, 0.4) is 0 Å². The summed E-state index contributed by atoms with van der Waals surface area (Å²) in [7, 11) is 0. The fraction of sp³-hybridized carbons (Fsp3) is 0.250. The molecule has 2 aromatic carbocycles. The molecule has 1 aliphatic rings. The number of para-hydroxylation sites is 1. The van der Waals surface area contributed by atoms with Crippen molar-refractivity contribution in [3.63, 3.8) is 0 Å². The van der Waals surface area contributed by atoms with Crippen LogP contribution >= 0.6 is 12.2 Å². The average Bonchev–Trinajstić information content (AvgIpc) is 3.16. The molecule has 0 atom stereocenters. The van der Waals surface area contributed by atoms with Gasteiger partial charge in [0.25, 0.3) is 11.8 Å². The Hall–Kier alpha value is -2.73. The number of amides is 2. The van der Waals surface area contributed by atoms with Gasteiger partial charge in [-0.1, -0.05) is 30.3 Å². The summed E-state index contributed by atoms with van der Waals surface area (Å²) in [6.45, 7) is 3.43. The molecule has 1 saturated heterocycles. The first-order valence-corrected chi connectivity index (χ1v) is 9.03. The summed E-state index contributed by atoms with van der Waals surface area (Å²) in [5, 5.41) is 5.83. The Bertz CT molecular complexity index is 844.